The summed E-state index contributed by atoms with van der Waals surface area (Å²) in [6.07, 6.45) is 4.07. The summed E-state index contributed by atoms with van der Waals surface area (Å²) < 4.78 is 5.61. The van der Waals surface area contributed by atoms with Crippen LogP contribution in [0.1, 0.15) is 11.5 Å². The maximum atomic E-state index is 5.61. The maximum Gasteiger partial charge on any atom is 0.249 e. The van der Waals surface area contributed by atoms with E-state index in [9.17, 15) is 0 Å². The van der Waals surface area contributed by atoms with Crippen LogP contribution in [-0.4, -0.2) is 15.2 Å². The van der Waals surface area contributed by atoms with E-state index >= 15 is 0 Å². The number of rotatable bonds is 3. The van der Waals surface area contributed by atoms with Crippen LogP contribution in [0.5, 0.6) is 0 Å². The fourth-order valence-corrected chi connectivity index (χ4v) is 1.70. The van der Waals surface area contributed by atoms with E-state index in [0.29, 0.717) is 18.2 Å². The minimum absolute atomic E-state index is 0.508. The molecule has 3 aromatic rings. The molecule has 0 unspecified atom stereocenters. The van der Waals surface area contributed by atoms with Crippen molar-refractivity contribution in [1.82, 2.24) is 15.2 Å². The average molecular weight is 237 g/mol. The van der Waals surface area contributed by atoms with Crippen LogP contribution in [0.2, 0.25) is 0 Å². The Morgan fingerprint density at radius 1 is 0.944 bits per heavy atom. The van der Waals surface area contributed by atoms with E-state index in [0.717, 1.165) is 11.1 Å². The lowest BCUT2D eigenvalue weighted by molar-refractivity contribution is 0.518. The number of hydrogen-bond acceptors (Lipinski definition) is 4. The predicted octanol–water partition coefficient (Wildman–Crippen LogP) is 2.72. The molecule has 0 amide bonds. The van der Waals surface area contributed by atoms with Crippen molar-refractivity contribution in [3.05, 3.63) is 66.3 Å². The van der Waals surface area contributed by atoms with Crippen molar-refractivity contribution < 1.29 is 4.42 Å². The van der Waals surface area contributed by atoms with Gasteiger partial charge in [0, 0.05) is 12.4 Å². The zero-order chi connectivity index (χ0) is 12.2. The molecule has 0 aliphatic rings. The largest absolute Gasteiger partial charge is 0.420 e. The molecule has 0 atom stereocenters. The molecule has 3 rings (SSSR count). The van der Waals surface area contributed by atoms with Gasteiger partial charge in [0.25, 0.3) is 0 Å². The molecule has 0 saturated carbocycles. The van der Waals surface area contributed by atoms with Crippen LogP contribution in [0.15, 0.2) is 59.3 Å². The first-order valence-corrected chi connectivity index (χ1v) is 5.68. The zero-order valence-corrected chi connectivity index (χ0v) is 9.65. The molecule has 0 aliphatic heterocycles. The molecule has 88 valence electrons. The van der Waals surface area contributed by atoms with Crippen LogP contribution in [0.4, 0.5) is 0 Å². The minimum atomic E-state index is 0.508. The van der Waals surface area contributed by atoms with Crippen molar-refractivity contribution >= 4 is 0 Å². The average Bonchev–Trinajstić information content (AvgIpc) is 2.89. The second-order valence-electron chi connectivity index (χ2n) is 3.91. The Hall–Kier alpha value is -2.49. The molecule has 0 radical (unpaired) electrons. The molecule has 0 aliphatic carbocycles. The molecule has 4 nitrogen and oxygen atoms in total. The van der Waals surface area contributed by atoms with Crippen LogP contribution in [-0.2, 0) is 6.42 Å². The molecule has 2 heterocycles. The standard InChI is InChI=1S/C14H11N3O/c1-2-5-11(6-3-1)9-13-16-17-14(18-13)12-7-4-8-15-10-12/h1-8,10H,9H2. The monoisotopic (exact) mass is 237 g/mol. The Morgan fingerprint density at radius 3 is 2.61 bits per heavy atom. The van der Waals surface area contributed by atoms with Crippen molar-refractivity contribution in [3.8, 4) is 11.5 Å². The lowest BCUT2D eigenvalue weighted by atomic mass is 10.2. The van der Waals surface area contributed by atoms with Crippen molar-refractivity contribution in [3.63, 3.8) is 0 Å². The second-order valence-corrected chi connectivity index (χ2v) is 3.91. The van der Waals surface area contributed by atoms with Crippen LogP contribution in [0.25, 0.3) is 11.5 Å². The Morgan fingerprint density at radius 2 is 1.83 bits per heavy atom. The summed E-state index contributed by atoms with van der Waals surface area (Å²) in [6, 6.07) is 13.8. The Balaban J connectivity index is 1.82. The van der Waals surface area contributed by atoms with E-state index in [4.69, 9.17) is 4.42 Å². The Kier molecular flexibility index (Phi) is 2.84. The van der Waals surface area contributed by atoms with Gasteiger partial charge in [0.1, 0.15) is 0 Å². The second kappa shape index (κ2) is 4.79. The molecule has 1 aromatic carbocycles. The lowest BCUT2D eigenvalue weighted by Gasteiger charge is -1.95. The fraction of sp³-hybridized carbons (Fsp3) is 0.0714. The van der Waals surface area contributed by atoms with Gasteiger partial charge in [-0.2, -0.15) is 0 Å². The molecule has 0 saturated heterocycles. The van der Waals surface area contributed by atoms with Crippen molar-refractivity contribution in [1.29, 1.82) is 0 Å². The Labute approximate surface area is 104 Å². The number of aromatic nitrogens is 3. The molecule has 18 heavy (non-hydrogen) atoms. The third kappa shape index (κ3) is 2.27. The van der Waals surface area contributed by atoms with Crippen molar-refractivity contribution in [2.24, 2.45) is 0 Å². The number of benzene rings is 1. The normalized spacial score (nSPS) is 10.4. The summed E-state index contributed by atoms with van der Waals surface area (Å²) in [5.74, 6) is 1.12. The van der Waals surface area contributed by atoms with Gasteiger partial charge >= 0.3 is 0 Å². The highest BCUT2D eigenvalue weighted by Gasteiger charge is 2.08. The third-order valence-electron chi connectivity index (χ3n) is 2.57. The molecule has 0 spiro atoms. The third-order valence-corrected chi connectivity index (χ3v) is 2.57. The Bertz CT molecular complexity index is 620. The van der Waals surface area contributed by atoms with E-state index in [2.05, 4.69) is 15.2 Å². The van der Waals surface area contributed by atoms with E-state index in [1.54, 1.807) is 12.4 Å². The molecule has 0 N–H and O–H groups in total. The summed E-state index contributed by atoms with van der Waals surface area (Å²) in [5.41, 5.74) is 1.99. The van der Waals surface area contributed by atoms with Gasteiger partial charge in [0.15, 0.2) is 0 Å². The molecule has 4 heteroatoms. The first kappa shape index (κ1) is 10.7. The summed E-state index contributed by atoms with van der Waals surface area (Å²) in [4.78, 5) is 4.03. The zero-order valence-electron chi connectivity index (χ0n) is 9.65. The predicted molar refractivity (Wildman–Crippen MR) is 66.8 cm³/mol. The number of pyridine rings is 1. The number of nitrogens with zero attached hydrogens (tertiary/aromatic N) is 3. The first-order chi connectivity index (χ1) is 8.92. The van der Waals surface area contributed by atoms with E-state index < -0.39 is 0 Å². The molecule has 2 aromatic heterocycles. The van der Waals surface area contributed by atoms with Gasteiger partial charge in [-0.05, 0) is 17.7 Å². The molecule has 0 fully saturated rings. The topological polar surface area (TPSA) is 51.8 Å². The highest BCUT2D eigenvalue weighted by atomic mass is 16.4. The van der Waals surface area contributed by atoms with Crippen LogP contribution in [0, 0.1) is 0 Å². The SMILES string of the molecule is c1ccc(Cc2nnc(-c3cccnc3)o2)cc1. The van der Waals surface area contributed by atoms with Gasteiger partial charge in [-0.15, -0.1) is 10.2 Å². The molecular formula is C14H11N3O. The smallest absolute Gasteiger partial charge is 0.249 e. The van der Waals surface area contributed by atoms with Crippen LogP contribution >= 0.6 is 0 Å². The molecular weight excluding hydrogens is 226 g/mol. The van der Waals surface area contributed by atoms with Gasteiger partial charge in [0.2, 0.25) is 11.8 Å². The van der Waals surface area contributed by atoms with E-state index in [1.165, 1.54) is 0 Å². The highest BCUT2D eigenvalue weighted by Crippen LogP contribution is 2.17. The summed E-state index contributed by atoms with van der Waals surface area (Å²) in [5, 5.41) is 8.07. The van der Waals surface area contributed by atoms with Crippen LogP contribution < -0.4 is 0 Å². The van der Waals surface area contributed by atoms with E-state index in [-0.39, 0.29) is 0 Å². The van der Waals surface area contributed by atoms with Crippen LogP contribution in [0.3, 0.4) is 0 Å². The quantitative estimate of drug-likeness (QED) is 0.702. The molecule has 0 bridgehead atoms. The summed E-state index contributed by atoms with van der Waals surface area (Å²) in [7, 11) is 0. The maximum absolute atomic E-state index is 5.61. The van der Waals surface area contributed by atoms with Gasteiger partial charge < -0.3 is 4.42 Å². The van der Waals surface area contributed by atoms with Crippen molar-refractivity contribution in [2.45, 2.75) is 6.42 Å². The highest BCUT2D eigenvalue weighted by molar-refractivity contribution is 5.49. The summed E-state index contributed by atoms with van der Waals surface area (Å²) >= 11 is 0. The van der Waals surface area contributed by atoms with Gasteiger partial charge in [-0.3, -0.25) is 4.98 Å². The van der Waals surface area contributed by atoms with Crippen molar-refractivity contribution in [2.75, 3.05) is 0 Å². The number of hydrogen-bond donors (Lipinski definition) is 0. The van der Waals surface area contributed by atoms with E-state index in [1.807, 2.05) is 42.5 Å². The van der Waals surface area contributed by atoms with Gasteiger partial charge in [-0.1, -0.05) is 30.3 Å². The minimum Gasteiger partial charge on any atom is -0.420 e. The summed E-state index contributed by atoms with van der Waals surface area (Å²) in [6.45, 7) is 0. The fourth-order valence-electron chi connectivity index (χ4n) is 1.70. The van der Waals surface area contributed by atoms with Gasteiger partial charge in [-0.25, -0.2) is 0 Å². The van der Waals surface area contributed by atoms with Gasteiger partial charge in [0.05, 0.1) is 12.0 Å². The first-order valence-electron chi connectivity index (χ1n) is 5.68. The lowest BCUT2D eigenvalue weighted by Crippen LogP contribution is -1.87.